The lowest BCUT2D eigenvalue weighted by Gasteiger charge is -2.06. The summed E-state index contributed by atoms with van der Waals surface area (Å²) in [5.74, 6) is 0.411. The van der Waals surface area contributed by atoms with E-state index in [1.807, 2.05) is 24.3 Å². The maximum absolute atomic E-state index is 13.4. The van der Waals surface area contributed by atoms with Gasteiger partial charge >= 0.3 is 0 Å². The fraction of sp³-hybridized carbons (Fsp3) is 0.0769. The van der Waals surface area contributed by atoms with Crippen LogP contribution in [0.5, 0.6) is 0 Å². The number of hydrogen-bond acceptors (Lipinski definition) is 2. The molecule has 17 heavy (non-hydrogen) atoms. The molecule has 2 rings (SSSR count). The molecule has 0 saturated carbocycles. The van der Waals surface area contributed by atoms with Gasteiger partial charge in [0.2, 0.25) is 0 Å². The van der Waals surface area contributed by atoms with Crippen molar-refractivity contribution in [3.8, 4) is 0 Å². The number of halogens is 2. The minimum absolute atomic E-state index is 0.171. The van der Waals surface area contributed by atoms with E-state index in [4.69, 9.17) is 5.73 Å². The second-order valence-electron chi connectivity index (χ2n) is 3.56. The van der Waals surface area contributed by atoms with Gasteiger partial charge in [-0.1, -0.05) is 34.1 Å². The molecule has 0 bridgehead atoms. The normalized spacial score (nSPS) is 10.5. The molecule has 0 aliphatic rings. The average Bonchev–Trinajstić information content (AvgIpc) is 2.30. The Morgan fingerprint density at radius 1 is 1.18 bits per heavy atom. The van der Waals surface area contributed by atoms with Crippen molar-refractivity contribution in [2.75, 3.05) is 5.73 Å². The molecule has 2 aromatic carbocycles. The quantitative estimate of drug-likeness (QED) is 0.669. The van der Waals surface area contributed by atoms with Crippen LogP contribution < -0.4 is 5.73 Å². The standard InChI is InChI=1S/C13H11BrFNS/c14-10-5-6-13(12(16)7-10)17-8-9-3-1-2-4-11(9)15/h1-7H,8,16H2. The first-order chi connectivity index (χ1) is 8.16. The Hall–Kier alpha value is -1.00. The number of benzene rings is 2. The Morgan fingerprint density at radius 2 is 1.94 bits per heavy atom. The molecule has 0 saturated heterocycles. The summed E-state index contributed by atoms with van der Waals surface area (Å²) in [5, 5.41) is 0. The van der Waals surface area contributed by atoms with E-state index in [1.54, 1.807) is 12.1 Å². The largest absolute Gasteiger partial charge is 0.398 e. The lowest BCUT2D eigenvalue weighted by atomic mass is 10.2. The molecule has 0 aromatic heterocycles. The molecule has 0 heterocycles. The third-order valence-electron chi connectivity index (χ3n) is 2.31. The summed E-state index contributed by atoms with van der Waals surface area (Å²) in [7, 11) is 0. The van der Waals surface area contributed by atoms with Gasteiger partial charge in [-0.05, 0) is 29.8 Å². The molecule has 0 aliphatic carbocycles. The van der Waals surface area contributed by atoms with Gasteiger partial charge in [0.1, 0.15) is 5.82 Å². The Kier molecular flexibility index (Phi) is 4.07. The predicted octanol–water partition coefficient (Wildman–Crippen LogP) is 4.46. The van der Waals surface area contributed by atoms with Gasteiger partial charge in [-0.3, -0.25) is 0 Å². The summed E-state index contributed by atoms with van der Waals surface area (Å²) in [4.78, 5) is 0.969. The molecule has 0 aliphatic heterocycles. The van der Waals surface area contributed by atoms with E-state index in [0.717, 1.165) is 9.37 Å². The average molecular weight is 312 g/mol. The zero-order chi connectivity index (χ0) is 12.3. The van der Waals surface area contributed by atoms with Gasteiger partial charge in [-0.2, -0.15) is 0 Å². The van der Waals surface area contributed by atoms with Gasteiger partial charge in [0.15, 0.2) is 0 Å². The van der Waals surface area contributed by atoms with E-state index >= 15 is 0 Å². The number of thioether (sulfide) groups is 1. The van der Waals surface area contributed by atoms with E-state index in [-0.39, 0.29) is 5.82 Å². The van der Waals surface area contributed by atoms with Crippen LogP contribution in [0.3, 0.4) is 0 Å². The second-order valence-corrected chi connectivity index (χ2v) is 5.50. The number of nitrogen functional groups attached to an aromatic ring is 1. The van der Waals surface area contributed by atoms with E-state index in [0.29, 0.717) is 17.0 Å². The van der Waals surface area contributed by atoms with Crippen molar-refractivity contribution >= 4 is 33.4 Å². The van der Waals surface area contributed by atoms with Crippen LogP contribution in [0.2, 0.25) is 0 Å². The van der Waals surface area contributed by atoms with Gasteiger partial charge < -0.3 is 5.73 Å². The Balaban J connectivity index is 2.10. The molecule has 0 unspecified atom stereocenters. The highest BCUT2D eigenvalue weighted by atomic mass is 79.9. The van der Waals surface area contributed by atoms with Crippen LogP contribution in [0.1, 0.15) is 5.56 Å². The summed E-state index contributed by atoms with van der Waals surface area (Å²) in [6.45, 7) is 0. The maximum Gasteiger partial charge on any atom is 0.127 e. The Bertz CT molecular complexity index is 531. The zero-order valence-corrected chi connectivity index (χ0v) is 11.4. The van der Waals surface area contributed by atoms with Gasteiger partial charge in [-0.15, -0.1) is 11.8 Å². The highest BCUT2D eigenvalue weighted by Crippen LogP contribution is 2.30. The summed E-state index contributed by atoms with van der Waals surface area (Å²) in [5.41, 5.74) is 7.28. The molecular weight excluding hydrogens is 301 g/mol. The minimum Gasteiger partial charge on any atom is -0.398 e. The summed E-state index contributed by atoms with van der Waals surface area (Å²) in [6.07, 6.45) is 0. The topological polar surface area (TPSA) is 26.0 Å². The van der Waals surface area contributed by atoms with Crippen molar-refractivity contribution in [1.82, 2.24) is 0 Å². The van der Waals surface area contributed by atoms with Crippen molar-refractivity contribution in [2.45, 2.75) is 10.6 Å². The summed E-state index contributed by atoms with van der Waals surface area (Å²) >= 11 is 4.89. The SMILES string of the molecule is Nc1cc(Br)ccc1SCc1ccccc1F. The van der Waals surface area contributed by atoms with Gasteiger partial charge in [0.25, 0.3) is 0 Å². The number of hydrogen-bond donors (Lipinski definition) is 1. The van der Waals surface area contributed by atoms with Crippen LogP contribution in [0, 0.1) is 5.82 Å². The van der Waals surface area contributed by atoms with E-state index in [2.05, 4.69) is 15.9 Å². The lowest BCUT2D eigenvalue weighted by molar-refractivity contribution is 0.617. The van der Waals surface area contributed by atoms with Crippen LogP contribution >= 0.6 is 27.7 Å². The van der Waals surface area contributed by atoms with Crippen LogP contribution in [0.25, 0.3) is 0 Å². The molecule has 0 atom stereocenters. The first kappa shape index (κ1) is 12.5. The van der Waals surface area contributed by atoms with Crippen molar-refractivity contribution in [2.24, 2.45) is 0 Å². The minimum atomic E-state index is -0.171. The van der Waals surface area contributed by atoms with Crippen LogP contribution in [-0.4, -0.2) is 0 Å². The number of nitrogens with two attached hydrogens (primary N) is 1. The number of rotatable bonds is 3. The lowest BCUT2D eigenvalue weighted by Crippen LogP contribution is -1.90. The van der Waals surface area contributed by atoms with E-state index in [9.17, 15) is 4.39 Å². The Morgan fingerprint density at radius 3 is 2.65 bits per heavy atom. The van der Waals surface area contributed by atoms with Crippen molar-refractivity contribution in [3.63, 3.8) is 0 Å². The molecule has 1 nitrogen and oxygen atoms in total. The third-order valence-corrected chi connectivity index (χ3v) is 3.94. The molecule has 2 N–H and O–H groups in total. The molecule has 88 valence electrons. The highest BCUT2D eigenvalue weighted by molar-refractivity contribution is 9.10. The van der Waals surface area contributed by atoms with Crippen LogP contribution in [0.15, 0.2) is 51.8 Å². The molecule has 0 amide bonds. The Labute approximate surface area is 112 Å². The van der Waals surface area contributed by atoms with E-state index in [1.165, 1.54) is 17.8 Å². The fourth-order valence-corrected chi connectivity index (χ4v) is 2.74. The smallest absolute Gasteiger partial charge is 0.127 e. The predicted molar refractivity (Wildman–Crippen MR) is 74.5 cm³/mol. The number of anilines is 1. The maximum atomic E-state index is 13.4. The molecular formula is C13H11BrFNS. The second kappa shape index (κ2) is 5.56. The highest BCUT2D eigenvalue weighted by Gasteiger charge is 2.04. The third kappa shape index (κ3) is 3.23. The fourth-order valence-electron chi connectivity index (χ4n) is 1.42. The van der Waals surface area contributed by atoms with Gasteiger partial charge in [-0.25, -0.2) is 4.39 Å². The zero-order valence-electron chi connectivity index (χ0n) is 8.99. The van der Waals surface area contributed by atoms with Crippen molar-refractivity contribution in [3.05, 3.63) is 58.3 Å². The van der Waals surface area contributed by atoms with E-state index < -0.39 is 0 Å². The first-order valence-corrected chi connectivity index (χ1v) is 6.86. The monoisotopic (exact) mass is 311 g/mol. The molecule has 0 fully saturated rings. The van der Waals surface area contributed by atoms with Gasteiger partial charge in [0, 0.05) is 20.8 Å². The van der Waals surface area contributed by atoms with Crippen LogP contribution in [-0.2, 0) is 5.75 Å². The first-order valence-electron chi connectivity index (χ1n) is 5.08. The molecule has 0 spiro atoms. The van der Waals surface area contributed by atoms with Gasteiger partial charge in [0.05, 0.1) is 0 Å². The summed E-state index contributed by atoms with van der Waals surface area (Å²) < 4.78 is 14.4. The van der Waals surface area contributed by atoms with Crippen molar-refractivity contribution in [1.29, 1.82) is 0 Å². The molecule has 4 heteroatoms. The molecule has 0 radical (unpaired) electrons. The summed E-state index contributed by atoms with van der Waals surface area (Å²) in [6, 6.07) is 12.5. The van der Waals surface area contributed by atoms with Crippen molar-refractivity contribution < 1.29 is 4.39 Å². The van der Waals surface area contributed by atoms with Crippen LogP contribution in [0.4, 0.5) is 10.1 Å². The molecule has 2 aromatic rings.